The van der Waals surface area contributed by atoms with Crippen LogP contribution >= 0.6 is 0 Å². The second kappa shape index (κ2) is 8.54. The topological polar surface area (TPSA) is 107 Å². The van der Waals surface area contributed by atoms with E-state index in [4.69, 9.17) is 15.7 Å². The number of anilines is 1. The summed E-state index contributed by atoms with van der Waals surface area (Å²) in [6.07, 6.45) is 4.58. The van der Waals surface area contributed by atoms with Gasteiger partial charge in [0.1, 0.15) is 12.4 Å². The lowest BCUT2D eigenvalue weighted by atomic mass is 9.78. The largest absolute Gasteiger partial charge is 0.393 e. The van der Waals surface area contributed by atoms with Crippen LogP contribution in [0, 0.1) is 12.7 Å². The lowest BCUT2D eigenvalue weighted by Gasteiger charge is -2.28. The van der Waals surface area contributed by atoms with Crippen LogP contribution in [0.3, 0.4) is 0 Å². The molecule has 0 aliphatic heterocycles. The highest BCUT2D eigenvalue weighted by Crippen LogP contribution is 2.38. The predicted molar refractivity (Wildman–Crippen MR) is 111 cm³/mol. The van der Waals surface area contributed by atoms with Crippen molar-refractivity contribution in [1.82, 2.24) is 15.0 Å². The van der Waals surface area contributed by atoms with Crippen molar-refractivity contribution < 1.29 is 14.3 Å². The summed E-state index contributed by atoms with van der Waals surface area (Å²) >= 11 is 0. The Kier molecular flexibility index (Phi) is 5.67. The van der Waals surface area contributed by atoms with Gasteiger partial charge < -0.3 is 15.7 Å². The molecule has 3 aromatic rings. The third-order valence-electron chi connectivity index (χ3n) is 5.14. The third kappa shape index (κ3) is 3.99. The van der Waals surface area contributed by atoms with E-state index < -0.39 is 0 Å². The van der Waals surface area contributed by atoms with E-state index in [1.807, 2.05) is 19.1 Å². The fourth-order valence-electron chi connectivity index (χ4n) is 3.94. The maximum Gasteiger partial charge on any atom is 0.220 e. The number of hydrogen-bond donors (Lipinski definition) is 2. The standard InChI is InChI=1S/C22H22FN5O2/c1-13-21-19(27-22(24)26-13)9-15(10-20(21)28-30-8-7-29)17-5-4-16(23)11-18(17)14-3-2-6-25-12-14/h2-6,11-12,15,29H,7-10H2,1H3,(H2,24,26,27)/b28-20+/t15-/m0/s1. The molecule has 2 heterocycles. The smallest absolute Gasteiger partial charge is 0.220 e. The summed E-state index contributed by atoms with van der Waals surface area (Å²) in [5.41, 5.74) is 11.5. The molecule has 1 atom stereocenters. The maximum absolute atomic E-state index is 14.1. The highest BCUT2D eigenvalue weighted by atomic mass is 19.1. The number of hydrogen-bond acceptors (Lipinski definition) is 7. The number of rotatable bonds is 5. The summed E-state index contributed by atoms with van der Waals surface area (Å²) in [5, 5.41) is 13.3. The number of pyridine rings is 1. The molecule has 1 aromatic carbocycles. The van der Waals surface area contributed by atoms with Gasteiger partial charge in [0.25, 0.3) is 0 Å². The Morgan fingerprint density at radius 2 is 2.13 bits per heavy atom. The molecule has 1 aliphatic carbocycles. The number of nitrogens with zero attached hydrogens (tertiary/aromatic N) is 4. The van der Waals surface area contributed by atoms with Crippen molar-refractivity contribution in [3.8, 4) is 11.1 Å². The zero-order valence-corrected chi connectivity index (χ0v) is 16.5. The van der Waals surface area contributed by atoms with Crippen LogP contribution in [0.2, 0.25) is 0 Å². The highest BCUT2D eigenvalue weighted by molar-refractivity contribution is 6.03. The van der Waals surface area contributed by atoms with Gasteiger partial charge in [0, 0.05) is 29.9 Å². The molecule has 7 nitrogen and oxygen atoms in total. The monoisotopic (exact) mass is 407 g/mol. The minimum atomic E-state index is -0.309. The molecule has 3 N–H and O–H groups in total. The minimum absolute atomic E-state index is 0.0153. The number of halogens is 1. The number of aliphatic hydroxyl groups is 1. The van der Waals surface area contributed by atoms with Crippen LogP contribution in [0.15, 0.2) is 47.9 Å². The van der Waals surface area contributed by atoms with Crippen LogP contribution in [0.1, 0.15) is 34.9 Å². The lowest BCUT2D eigenvalue weighted by Crippen LogP contribution is -2.24. The molecule has 0 spiro atoms. The number of nitrogen functional groups attached to an aromatic ring is 1. The molecular formula is C22H22FN5O2. The first-order valence-electron chi connectivity index (χ1n) is 9.69. The number of nitrogens with two attached hydrogens (primary N) is 1. The fraction of sp³-hybridized carbons (Fsp3) is 0.273. The molecule has 0 radical (unpaired) electrons. The van der Waals surface area contributed by atoms with Gasteiger partial charge in [-0.1, -0.05) is 17.3 Å². The number of oxime groups is 1. The van der Waals surface area contributed by atoms with Crippen LogP contribution in [-0.4, -0.2) is 39.0 Å². The van der Waals surface area contributed by atoms with E-state index in [9.17, 15) is 4.39 Å². The normalized spacial score (nSPS) is 17.0. The van der Waals surface area contributed by atoms with Crippen molar-refractivity contribution in [1.29, 1.82) is 0 Å². The van der Waals surface area contributed by atoms with Gasteiger partial charge in [-0.2, -0.15) is 0 Å². The van der Waals surface area contributed by atoms with Gasteiger partial charge >= 0.3 is 0 Å². The van der Waals surface area contributed by atoms with E-state index in [0.29, 0.717) is 18.6 Å². The van der Waals surface area contributed by atoms with Crippen LogP contribution in [0.25, 0.3) is 11.1 Å². The van der Waals surface area contributed by atoms with Gasteiger partial charge in [-0.25, -0.2) is 14.4 Å². The summed E-state index contributed by atoms with van der Waals surface area (Å²) in [6.45, 7) is 1.82. The molecule has 0 unspecified atom stereocenters. The highest BCUT2D eigenvalue weighted by Gasteiger charge is 2.30. The van der Waals surface area contributed by atoms with E-state index in [2.05, 4.69) is 20.1 Å². The Hall–Kier alpha value is -3.39. The van der Waals surface area contributed by atoms with Gasteiger partial charge in [0.15, 0.2) is 0 Å². The van der Waals surface area contributed by atoms with Crippen molar-refractivity contribution in [2.24, 2.45) is 5.16 Å². The van der Waals surface area contributed by atoms with E-state index in [-0.39, 0.29) is 30.9 Å². The number of benzene rings is 1. The van der Waals surface area contributed by atoms with Gasteiger partial charge in [0.2, 0.25) is 5.95 Å². The average Bonchev–Trinajstić information content (AvgIpc) is 2.73. The number of fused-ring (bicyclic) bond motifs is 1. The Labute approximate surface area is 173 Å². The summed E-state index contributed by atoms with van der Waals surface area (Å²) in [5.74, 6) is -0.121. The fourth-order valence-corrected chi connectivity index (χ4v) is 3.94. The Morgan fingerprint density at radius 1 is 1.27 bits per heavy atom. The van der Waals surface area contributed by atoms with Gasteiger partial charge in [-0.3, -0.25) is 4.98 Å². The molecule has 2 aromatic heterocycles. The molecule has 0 saturated heterocycles. The van der Waals surface area contributed by atoms with Crippen LogP contribution in [0.4, 0.5) is 10.3 Å². The van der Waals surface area contributed by atoms with Crippen LogP contribution in [-0.2, 0) is 11.3 Å². The zero-order chi connectivity index (χ0) is 21.1. The number of aromatic nitrogens is 3. The number of aliphatic hydroxyl groups excluding tert-OH is 1. The van der Waals surface area contributed by atoms with Gasteiger partial charge in [-0.05, 0) is 48.6 Å². The number of aryl methyl sites for hydroxylation is 1. The minimum Gasteiger partial charge on any atom is -0.393 e. The Morgan fingerprint density at radius 3 is 2.90 bits per heavy atom. The Bertz CT molecular complexity index is 1090. The first kappa shape index (κ1) is 19.9. The summed E-state index contributed by atoms with van der Waals surface area (Å²) in [6, 6.07) is 8.53. The van der Waals surface area contributed by atoms with Crippen molar-refractivity contribution in [2.45, 2.75) is 25.7 Å². The maximum atomic E-state index is 14.1. The van der Waals surface area contributed by atoms with Crippen LogP contribution in [0.5, 0.6) is 0 Å². The third-order valence-corrected chi connectivity index (χ3v) is 5.14. The molecule has 154 valence electrons. The zero-order valence-electron chi connectivity index (χ0n) is 16.5. The molecule has 8 heteroatoms. The van der Waals surface area contributed by atoms with E-state index >= 15 is 0 Å². The van der Waals surface area contributed by atoms with E-state index in [1.54, 1.807) is 18.5 Å². The second-order valence-electron chi connectivity index (χ2n) is 7.16. The van der Waals surface area contributed by atoms with Gasteiger partial charge in [0.05, 0.1) is 23.7 Å². The molecule has 0 fully saturated rings. The van der Waals surface area contributed by atoms with Crippen molar-refractivity contribution in [3.63, 3.8) is 0 Å². The van der Waals surface area contributed by atoms with E-state index in [0.717, 1.165) is 33.6 Å². The average molecular weight is 407 g/mol. The summed E-state index contributed by atoms with van der Waals surface area (Å²) in [4.78, 5) is 18.1. The second-order valence-corrected chi connectivity index (χ2v) is 7.16. The molecule has 30 heavy (non-hydrogen) atoms. The molecule has 1 aliphatic rings. The Balaban J connectivity index is 1.80. The van der Waals surface area contributed by atoms with Crippen molar-refractivity contribution in [2.75, 3.05) is 18.9 Å². The predicted octanol–water partition coefficient (Wildman–Crippen LogP) is 3.01. The molecule has 0 amide bonds. The molecule has 0 saturated carbocycles. The molecule has 0 bridgehead atoms. The summed E-state index contributed by atoms with van der Waals surface area (Å²) in [7, 11) is 0. The SMILES string of the molecule is Cc1nc(N)nc2c1/C(=N/OCCO)C[C@@H](c1ccc(F)cc1-c1cccnc1)C2. The first-order chi connectivity index (χ1) is 14.6. The molecule has 4 rings (SSSR count). The first-order valence-corrected chi connectivity index (χ1v) is 9.69. The van der Waals surface area contributed by atoms with Crippen LogP contribution < -0.4 is 5.73 Å². The lowest BCUT2D eigenvalue weighted by molar-refractivity contribution is 0.0981. The summed E-state index contributed by atoms with van der Waals surface area (Å²) < 4.78 is 14.1. The quantitative estimate of drug-likeness (QED) is 0.497. The van der Waals surface area contributed by atoms with Gasteiger partial charge in [-0.15, -0.1) is 0 Å². The molecular weight excluding hydrogens is 385 g/mol. The van der Waals surface area contributed by atoms with E-state index in [1.165, 1.54) is 12.1 Å². The van der Waals surface area contributed by atoms with Crippen molar-refractivity contribution >= 4 is 11.7 Å². The van der Waals surface area contributed by atoms with Crippen molar-refractivity contribution in [3.05, 3.63) is 71.1 Å².